The molecule has 0 bridgehead atoms. The fraction of sp³-hybridized carbons (Fsp3) is 0.300. The van der Waals surface area contributed by atoms with E-state index in [4.69, 9.17) is 0 Å². The summed E-state index contributed by atoms with van der Waals surface area (Å²) in [4.78, 5) is 4.44. The Morgan fingerprint density at radius 2 is 2.00 bits per heavy atom. The second kappa shape index (κ2) is 3.09. The first-order valence-corrected chi connectivity index (χ1v) is 4.38. The number of hydrogen-bond acceptors (Lipinski definition) is 3. The van der Waals surface area contributed by atoms with Gasteiger partial charge < -0.3 is 0 Å². The van der Waals surface area contributed by atoms with Crippen molar-refractivity contribution in [1.82, 2.24) is 15.2 Å². The molecule has 0 spiro atoms. The van der Waals surface area contributed by atoms with Crippen LogP contribution in [-0.4, -0.2) is 15.2 Å². The second-order valence-corrected chi connectivity index (χ2v) is 3.05. The van der Waals surface area contributed by atoms with E-state index in [1.807, 2.05) is 6.92 Å². The van der Waals surface area contributed by atoms with E-state index >= 15 is 0 Å². The summed E-state index contributed by atoms with van der Waals surface area (Å²) in [5.41, 5.74) is 3.29. The van der Waals surface area contributed by atoms with Crippen LogP contribution in [0.2, 0.25) is 0 Å². The van der Waals surface area contributed by atoms with Crippen molar-refractivity contribution < 1.29 is 0 Å². The predicted octanol–water partition coefficient (Wildman–Crippen LogP) is 1.90. The standard InChI is InChI=1S/C10H11N3/c1-3-8-4-9-5-11-12-6-10(9)13-7(8)2/h4-6H,3H2,1-2H3. The lowest BCUT2D eigenvalue weighted by molar-refractivity contribution is 1.02. The third-order valence-electron chi connectivity index (χ3n) is 2.20. The maximum atomic E-state index is 4.44. The number of aryl methyl sites for hydroxylation is 2. The normalized spacial score (nSPS) is 10.6. The molecular formula is C10H11N3. The first-order valence-electron chi connectivity index (χ1n) is 4.38. The van der Waals surface area contributed by atoms with Gasteiger partial charge >= 0.3 is 0 Å². The van der Waals surface area contributed by atoms with E-state index in [1.54, 1.807) is 12.4 Å². The molecule has 2 rings (SSSR count). The molecule has 0 saturated carbocycles. The average Bonchev–Trinajstić information content (AvgIpc) is 2.17. The average molecular weight is 173 g/mol. The highest BCUT2D eigenvalue weighted by molar-refractivity contribution is 5.77. The van der Waals surface area contributed by atoms with Crippen LogP contribution in [0.15, 0.2) is 18.5 Å². The summed E-state index contributed by atoms with van der Waals surface area (Å²) in [7, 11) is 0. The summed E-state index contributed by atoms with van der Waals surface area (Å²) in [6, 6.07) is 2.13. The fourth-order valence-corrected chi connectivity index (χ4v) is 1.43. The van der Waals surface area contributed by atoms with Crippen LogP contribution in [0.1, 0.15) is 18.2 Å². The molecule has 3 heteroatoms. The van der Waals surface area contributed by atoms with E-state index < -0.39 is 0 Å². The molecule has 3 nitrogen and oxygen atoms in total. The first kappa shape index (κ1) is 8.10. The largest absolute Gasteiger partial charge is 0.251 e. The number of aromatic nitrogens is 3. The van der Waals surface area contributed by atoms with Crippen LogP contribution in [0.5, 0.6) is 0 Å². The summed E-state index contributed by atoms with van der Waals surface area (Å²) < 4.78 is 0. The zero-order valence-corrected chi connectivity index (χ0v) is 7.78. The number of rotatable bonds is 1. The summed E-state index contributed by atoms with van der Waals surface area (Å²) in [6.07, 6.45) is 4.46. The minimum atomic E-state index is 0.921. The van der Waals surface area contributed by atoms with Gasteiger partial charge in [-0.2, -0.15) is 10.2 Å². The lowest BCUT2D eigenvalue weighted by atomic mass is 10.1. The molecule has 2 heterocycles. The van der Waals surface area contributed by atoms with Crippen LogP contribution in [0.3, 0.4) is 0 Å². The Bertz CT molecular complexity index is 437. The molecule has 0 unspecified atom stereocenters. The summed E-state index contributed by atoms with van der Waals surface area (Å²) >= 11 is 0. The van der Waals surface area contributed by atoms with Crippen LogP contribution >= 0.6 is 0 Å². The molecule has 0 aliphatic rings. The van der Waals surface area contributed by atoms with E-state index in [0.29, 0.717) is 0 Å². The molecule has 0 saturated heterocycles. The SMILES string of the molecule is CCc1cc2cnncc2nc1C. The highest BCUT2D eigenvalue weighted by Gasteiger charge is 2.00. The summed E-state index contributed by atoms with van der Waals surface area (Å²) in [5, 5.41) is 8.69. The van der Waals surface area contributed by atoms with E-state index in [0.717, 1.165) is 23.0 Å². The van der Waals surface area contributed by atoms with Crippen molar-refractivity contribution in [2.24, 2.45) is 0 Å². The van der Waals surface area contributed by atoms with E-state index in [-0.39, 0.29) is 0 Å². The minimum absolute atomic E-state index is 0.921. The zero-order chi connectivity index (χ0) is 9.26. The van der Waals surface area contributed by atoms with Crippen LogP contribution in [0.4, 0.5) is 0 Å². The molecule has 66 valence electrons. The van der Waals surface area contributed by atoms with Gasteiger partial charge in [0.15, 0.2) is 0 Å². The molecule has 13 heavy (non-hydrogen) atoms. The van der Waals surface area contributed by atoms with Crippen molar-refractivity contribution in [2.75, 3.05) is 0 Å². The molecular weight excluding hydrogens is 162 g/mol. The second-order valence-electron chi connectivity index (χ2n) is 3.05. The van der Waals surface area contributed by atoms with E-state index in [1.165, 1.54) is 5.56 Å². The molecule has 0 fully saturated rings. The van der Waals surface area contributed by atoms with Gasteiger partial charge in [0.2, 0.25) is 0 Å². The number of pyridine rings is 1. The van der Waals surface area contributed by atoms with Gasteiger partial charge in [0.05, 0.1) is 17.9 Å². The van der Waals surface area contributed by atoms with Gasteiger partial charge in [0.25, 0.3) is 0 Å². The number of nitrogens with zero attached hydrogens (tertiary/aromatic N) is 3. The highest BCUT2D eigenvalue weighted by Crippen LogP contribution is 2.14. The first-order chi connectivity index (χ1) is 6.31. The summed E-state index contributed by atoms with van der Waals surface area (Å²) in [6.45, 7) is 4.16. The third kappa shape index (κ3) is 1.37. The topological polar surface area (TPSA) is 38.7 Å². The fourth-order valence-electron chi connectivity index (χ4n) is 1.43. The van der Waals surface area contributed by atoms with Crippen LogP contribution < -0.4 is 0 Å². The Hall–Kier alpha value is -1.51. The quantitative estimate of drug-likeness (QED) is 0.661. The maximum absolute atomic E-state index is 4.44. The van der Waals surface area contributed by atoms with Crippen molar-refractivity contribution in [3.63, 3.8) is 0 Å². The van der Waals surface area contributed by atoms with E-state index in [2.05, 4.69) is 28.2 Å². The van der Waals surface area contributed by atoms with Crippen molar-refractivity contribution in [2.45, 2.75) is 20.3 Å². The Kier molecular flexibility index (Phi) is 1.93. The zero-order valence-electron chi connectivity index (χ0n) is 7.78. The monoisotopic (exact) mass is 173 g/mol. The highest BCUT2D eigenvalue weighted by atomic mass is 15.1. The van der Waals surface area contributed by atoms with Crippen LogP contribution in [-0.2, 0) is 6.42 Å². The molecule has 0 atom stereocenters. The predicted molar refractivity (Wildman–Crippen MR) is 51.4 cm³/mol. The molecule has 0 radical (unpaired) electrons. The molecule has 0 aromatic carbocycles. The van der Waals surface area contributed by atoms with Crippen molar-refractivity contribution in [3.05, 3.63) is 29.7 Å². The van der Waals surface area contributed by atoms with Gasteiger partial charge in [-0.25, -0.2) is 0 Å². The van der Waals surface area contributed by atoms with Crippen molar-refractivity contribution in [3.8, 4) is 0 Å². The van der Waals surface area contributed by atoms with Gasteiger partial charge in [-0.1, -0.05) is 6.92 Å². The maximum Gasteiger partial charge on any atom is 0.0922 e. The molecule has 0 aliphatic carbocycles. The molecule has 0 aliphatic heterocycles. The number of fused-ring (bicyclic) bond motifs is 1. The van der Waals surface area contributed by atoms with Crippen molar-refractivity contribution in [1.29, 1.82) is 0 Å². The number of hydrogen-bond donors (Lipinski definition) is 0. The smallest absolute Gasteiger partial charge is 0.0922 e. The Labute approximate surface area is 76.8 Å². The van der Waals surface area contributed by atoms with Crippen molar-refractivity contribution >= 4 is 10.9 Å². The molecule has 2 aromatic rings. The Morgan fingerprint density at radius 3 is 2.77 bits per heavy atom. The molecule has 2 aromatic heterocycles. The van der Waals surface area contributed by atoms with E-state index in [9.17, 15) is 0 Å². The molecule has 0 N–H and O–H groups in total. The van der Waals surface area contributed by atoms with Gasteiger partial charge in [0.1, 0.15) is 0 Å². The summed E-state index contributed by atoms with van der Waals surface area (Å²) in [5.74, 6) is 0. The van der Waals surface area contributed by atoms with Crippen LogP contribution in [0.25, 0.3) is 10.9 Å². The minimum Gasteiger partial charge on any atom is -0.251 e. The van der Waals surface area contributed by atoms with Gasteiger partial charge in [-0.05, 0) is 25.0 Å². The Balaban J connectivity index is 2.74. The van der Waals surface area contributed by atoms with Gasteiger partial charge in [-0.15, -0.1) is 0 Å². The lowest BCUT2D eigenvalue weighted by Crippen LogP contribution is -1.93. The van der Waals surface area contributed by atoms with Gasteiger partial charge in [0, 0.05) is 11.1 Å². The van der Waals surface area contributed by atoms with Gasteiger partial charge in [-0.3, -0.25) is 4.98 Å². The molecule has 0 amide bonds. The Morgan fingerprint density at radius 1 is 1.23 bits per heavy atom. The van der Waals surface area contributed by atoms with Crippen LogP contribution in [0, 0.1) is 6.92 Å². The third-order valence-corrected chi connectivity index (χ3v) is 2.20. The lowest BCUT2D eigenvalue weighted by Gasteiger charge is -2.03.